The highest BCUT2D eigenvalue weighted by molar-refractivity contribution is 6.35. The predicted octanol–water partition coefficient (Wildman–Crippen LogP) is 4.58. The van der Waals surface area contributed by atoms with Gasteiger partial charge in [0.05, 0.1) is 18.2 Å². The number of nitrogens with one attached hydrogen (secondary N) is 2. The molecule has 38 heavy (non-hydrogen) atoms. The van der Waals surface area contributed by atoms with Crippen LogP contribution in [0.5, 0.6) is 0 Å². The average Bonchev–Trinajstić information content (AvgIpc) is 2.80. The van der Waals surface area contributed by atoms with Crippen molar-refractivity contribution in [2.75, 3.05) is 39.3 Å². The molecular weight excluding hydrogens is 529 g/mol. The Morgan fingerprint density at radius 2 is 1.97 bits per heavy atom. The van der Waals surface area contributed by atoms with Crippen molar-refractivity contribution in [1.29, 1.82) is 0 Å². The Bertz CT molecular complexity index is 1120. The van der Waals surface area contributed by atoms with Gasteiger partial charge in [-0.1, -0.05) is 35.3 Å². The Morgan fingerprint density at radius 3 is 2.55 bits per heavy atom. The molecule has 2 aliphatic rings. The summed E-state index contributed by atoms with van der Waals surface area (Å²) in [6, 6.07) is 3.55. The Kier molecular flexibility index (Phi) is 9.73. The van der Waals surface area contributed by atoms with Crippen LogP contribution in [0, 0.1) is 0 Å². The number of piperazine rings is 1. The van der Waals surface area contributed by atoms with Crippen molar-refractivity contribution in [1.82, 2.24) is 25.3 Å². The second kappa shape index (κ2) is 12.4. The van der Waals surface area contributed by atoms with Crippen LogP contribution in [0.15, 0.2) is 42.1 Å². The Morgan fingerprint density at radius 1 is 1.26 bits per heavy atom. The monoisotopic (exact) mass is 565 g/mol. The maximum Gasteiger partial charge on any atom is 0.338 e. The second-order valence-electron chi connectivity index (χ2n) is 10.5. The van der Waals surface area contributed by atoms with Gasteiger partial charge in [0, 0.05) is 60.0 Å². The van der Waals surface area contributed by atoms with E-state index in [1.54, 1.807) is 31.2 Å². The Labute approximate surface area is 234 Å². The van der Waals surface area contributed by atoms with Gasteiger partial charge in [0.15, 0.2) is 0 Å². The van der Waals surface area contributed by atoms with E-state index >= 15 is 0 Å². The van der Waals surface area contributed by atoms with E-state index in [-0.39, 0.29) is 36.8 Å². The molecule has 4 amide bonds. The zero-order chi connectivity index (χ0) is 28.2. The van der Waals surface area contributed by atoms with E-state index in [2.05, 4.69) is 22.1 Å². The zero-order valence-corrected chi connectivity index (χ0v) is 24.2. The summed E-state index contributed by atoms with van der Waals surface area (Å²) in [7, 11) is 0. The molecular formula is C27H37Cl2N5O4. The number of nitrogens with zero attached hydrogens (tertiary/aromatic N) is 3. The van der Waals surface area contributed by atoms with E-state index in [0.29, 0.717) is 53.1 Å². The van der Waals surface area contributed by atoms with Gasteiger partial charge in [-0.15, -0.1) is 6.58 Å². The minimum atomic E-state index is -0.821. The van der Waals surface area contributed by atoms with Crippen molar-refractivity contribution >= 4 is 41.2 Å². The lowest BCUT2D eigenvalue weighted by atomic mass is 9.93. The number of ether oxygens (including phenoxy) is 1. The number of esters is 1. The summed E-state index contributed by atoms with van der Waals surface area (Å²) >= 11 is 12.6. The molecule has 0 radical (unpaired) electrons. The van der Waals surface area contributed by atoms with Gasteiger partial charge in [0.1, 0.15) is 0 Å². The minimum absolute atomic E-state index is 0.0791. The van der Waals surface area contributed by atoms with Crippen LogP contribution in [0.25, 0.3) is 0 Å². The molecule has 1 aromatic carbocycles. The van der Waals surface area contributed by atoms with Crippen LogP contribution in [-0.4, -0.2) is 83.6 Å². The number of halogens is 2. The highest BCUT2D eigenvalue weighted by Gasteiger charge is 2.40. The predicted molar refractivity (Wildman–Crippen MR) is 149 cm³/mol. The molecule has 11 heteroatoms. The number of hydrogen-bond donors (Lipinski definition) is 2. The van der Waals surface area contributed by atoms with Crippen molar-refractivity contribution in [2.45, 2.75) is 52.2 Å². The number of carbonyl (C=O) groups is 3. The summed E-state index contributed by atoms with van der Waals surface area (Å²) in [6.07, 6.45) is 1.61. The maximum atomic E-state index is 13.4. The molecule has 0 aromatic heterocycles. The molecule has 1 saturated heterocycles. The summed E-state index contributed by atoms with van der Waals surface area (Å²) in [5.74, 6) is -0.538. The molecule has 2 heterocycles. The van der Waals surface area contributed by atoms with E-state index in [4.69, 9.17) is 27.9 Å². The van der Waals surface area contributed by atoms with Crippen LogP contribution < -0.4 is 10.6 Å². The molecule has 0 spiro atoms. The van der Waals surface area contributed by atoms with Crippen LogP contribution in [0.3, 0.4) is 0 Å². The molecule has 2 N–H and O–H groups in total. The number of benzene rings is 1. The molecule has 2 atom stereocenters. The van der Waals surface area contributed by atoms with Crippen LogP contribution in [0.4, 0.5) is 9.59 Å². The van der Waals surface area contributed by atoms with E-state index in [1.807, 2.05) is 32.6 Å². The van der Waals surface area contributed by atoms with Crippen LogP contribution in [0.2, 0.25) is 10.0 Å². The van der Waals surface area contributed by atoms with E-state index in [9.17, 15) is 14.4 Å². The molecule has 0 bridgehead atoms. The molecule has 208 valence electrons. The van der Waals surface area contributed by atoms with Crippen molar-refractivity contribution < 1.29 is 19.1 Å². The van der Waals surface area contributed by atoms with Crippen LogP contribution >= 0.6 is 23.2 Å². The number of urea groups is 2. The lowest BCUT2D eigenvalue weighted by Gasteiger charge is -2.43. The lowest BCUT2D eigenvalue weighted by Crippen LogP contribution is -2.59. The quantitative estimate of drug-likeness (QED) is 0.373. The van der Waals surface area contributed by atoms with E-state index in [1.165, 1.54) is 4.90 Å². The maximum absolute atomic E-state index is 13.4. The highest BCUT2D eigenvalue weighted by Crippen LogP contribution is 2.36. The molecule has 0 aliphatic carbocycles. The van der Waals surface area contributed by atoms with Gasteiger partial charge in [-0.3, -0.25) is 9.80 Å². The van der Waals surface area contributed by atoms with Gasteiger partial charge in [0.25, 0.3) is 0 Å². The molecule has 3 rings (SSSR count). The molecule has 1 fully saturated rings. The number of hydrogen-bond acceptors (Lipinski definition) is 5. The van der Waals surface area contributed by atoms with Crippen molar-refractivity contribution in [3.8, 4) is 0 Å². The third-order valence-corrected chi connectivity index (χ3v) is 6.91. The highest BCUT2D eigenvalue weighted by atomic mass is 35.5. The lowest BCUT2D eigenvalue weighted by molar-refractivity contribution is -0.139. The third kappa shape index (κ3) is 7.01. The summed E-state index contributed by atoms with van der Waals surface area (Å²) in [5.41, 5.74) is 1.02. The fourth-order valence-electron chi connectivity index (χ4n) is 4.70. The number of rotatable bonds is 7. The average molecular weight is 567 g/mol. The normalized spacial score (nSPS) is 20.8. The minimum Gasteiger partial charge on any atom is -0.463 e. The van der Waals surface area contributed by atoms with E-state index in [0.717, 1.165) is 0 Å². The zero-order valence-electron chi connectivity index (χ0n) is 22.6. The first kappa shape index (κ1) is 29.8. The number of amides is 4. The standard InChI is InChI=1S/C27H37Cl2N5O4/c1-7-11-34-21(16-32-12-13-33(17(3)15-32)26(37)31-27(4,5)6)22(24(35)38-8-2)23(30-25(34)36)19-10-9-18(28)14-20(19)29/h7,9-10,14,17,23H,1,8,11-13,15-16H2,2-6H3,(H,30,36)(H,31,37). The summed E-state index contributed by atoms with van der Waals surface area (Å²) < 4.78 is 5.44. The molecule has 9 nitrogen and oxygen atoms in total. The van der Waals surface area contributed by atoms with Gasteiger partial charge in [-0.2, -0.15) is 0 Å². The van der Waals surface area contributed by atoms with Crippen molar-refractivity contribution in [3.05, 3.63) is 57.7 Å². The van der Waals surface area contributed by atoms with Crippen molar-refractivity contribution in [2.24, 2.45) is 0 Å². The summed E-state index contributed by atoms with van der Waals surface area (Å²) in [5, 5.41) is 6.70. The Hall–Kier alpha value is -2.75. The smallest absolute Gasteiger partial charge is 0.338 e. The van der Waals surface area contributed by atoms with Crippen LogP contribution in [0.1, 0.15) is 46.2 Å². The first-order chi connectivity index (χ1) is 17.9. The first-order valence-electron chi connectivity index (χ1n) is 12.7. The molecule has 2 unspecified atom stereocenters. The summed E-state index contributed by atoms with van der Waals surface area (Å²) in [4.78, 5) is 44.9. The van der Waals surface area contributed by atoms with Gasteiger partial charge >= 0.3 is 18.0 Å². The van der Waals surface area contributed by atoms with Gasteiger partial charge < -0.3 is 20.3 Å². The van der Waals surface area contributed by atoms with Crippen LogP contribution in [-0.2, 0) is 9.53 Å². The van der Waals surface area contributed by atoms with Gasteiger partial charge in [-0.05, 0) is 52.3 Å². The molecule has 2 aliphatic heterocycles. The Balaban J connectivity index is 1.99. The summed E-state index contributed by atoms with van der Waals surface area (Å²) in [6.45, 7) is 15.7. The SMILES string of the molecule is C=CCN1C(=O)NC(c2ccc(Cl)cc2Cl)C(C(=O)OCC)=C1CN1CCN(C(=O)NC(C)(C)C)C(C)C1. The molecule has 1 aromatic rings. The fraction of sp³-hybridized carbons (Fsp3) is 0.519. The van der Waals surface area contributed by atoms with Crippen molar-refractivity contribution in [3.63, 3.8) is 0 Å². The second-order valence-corrected chi connectivity index (χ2v) is 11.3. The first-order valence-corrected chi connectivity index (χ1v) is 13.5. The molecule has 0 saturated carbocycles. The number of carbonyl (C=O) groups excluding carboxylic acids is 3. The van der Waals surface area contributed by atoms with Gasteiger partial charge in [-0.25, -0.2) is 14.4 Å². The van der Waals surface area contributed by atoms with E-state index < -0.39 is 12.0 Å². The third-order valence-electron chi connectivity index (χ3n) is 6.35. The van der Waals surface area contributed by atoms with Gasteiger partial charge in [0.2, 0.25) is 0 Å². The fourth-order valence-corrected chi connectivity index (χ4v) is 5.21. The topological polar surface area (TPSA) is 94.2 Å². The largest absolute Gasteiger partial charge is 0.463 e.